The number of esters is 1. The van der Waals surface area contributed by atoms with Gasteiger partial charge in [-0.2, -0.15) is 0 Å². The molecule has 1 fully saturated rings. The molecule has 2 unspecified atom stereocenters. The first kappa shape index (κ1) is 21.5. The molecule has 8 nitrogen and oxygen atoms in total. The molecule has 1 N–H and O–H groups in total. The molecular formula is C20H28N2O6. The van der Waals surface area contributed by atoms with Crippen molar-refractivity contribution in [2.24, 2.45) is 0 Å². The molecule has 0 bridgehead atoms. The van der Waals surface area contributed by atoms with Crippen LogP contribution in [0, 0.1) is 6.92 Å². The predicted molar refractivity (Wildman–Crippen MR) is 102 cm³/mol. The Morgan fingerprint density at radius 1 is 1.32 bits per heavy atom. The van der Waals surface area contributed by atoms with Gasteiger partial charge in [0.25, 0.3) is 5.91 Å². The van der Waals surface area contributed by atoms with Gasteiger partial charge in [-0.25, -0.2) is 0 Å². The van der Waals surface area contributed by atoms with Crippen molar-refractivity contribution in [3.8, 4) is 11.5 Å². The Balaban J connectivity index is 2.02. The number of carbonyl (C=O) groups excluding carboxylic acids is 3. The summed E-state index contributed by atoms with van der Waals surface area (Å²) in [7, 11) is 1.53. The van der Waals surface area contributed by atoms with Crippen LogP contribution in [0.4, 0.5) is 0 Å². The highest BCUT2D eigenvalue weighted by molar-refractivity contribution is 5.92. The maximum Gasteiger partial charge on any atom is 0.308 e. The zero-order valence-corrected chi connectivity index (χ0v) is 16.8. The van der Waals surface area contributed by atoms with Crippen LogP contribution in [0.1, 0.15) is 32.3 Å². The number of rotatable bonds is 8. The van der Waals surface area contributed by atoms with Crippen molar-refractivity contribution in [1.29, 1.82) is 0 Å². The van der Waals surface area contributed by atoms with Crippen molar-refractivity contribution in [1.82, 2.24) is 10.2 Å². The quantitative estimate of drug-likeness (QED) is 0.673. The van der Waals surface area contributed by atoms with Crippen LogP contribution in [0.2, 0.25) is 0 Å². The van der Waals surface area contributed by atoms with E-state index in [1.807, 2.05) is 26.0 Å². The average Bonchev–Trinajstić information content (AvgIpc) is 2.67. The van der Waals surface area contributed by atoms with Gasteiger partial charge in [0.1, 0.15) is 6.04 Å². The van der Waals surface area contributed by atoms with Crippen LogP contribution in [-0.2, 0) is 19.1 Å². The fraction of sp³-hybridized carbons (Fsp3) is 0.550. The Morgan fingerprint density at radius 2 is 2.07 bits per heavy atom. The van der Waals surface area contributed by atoms with Gasteiger partial charge in [-0.15, -0.1) is 0 Å². The molecule has 0 aliphatic carbocycles. The fourth-order valence-electron chi connectivity index (χ4n) is 2.85. The van der Waals surface area contributed by atoms with Crippen LogP contribution in [0.15, 0.2) is 18.2 Å². The van der Waals surface area contributed by atoms with Gasteiger partial charge in [0.15, 0.2) is 18.1 Å². The van der Waals surface area contributed by atoms with E-state index in [-0.39, 0.29) is 30.9 Å². The Labute approximate surface area is 165 Å². The SMILES string of the molecule is CCC(C)OC(=O)CC1C(=O)NCCN1C(=O)COc1ccc(C)cc1OC. The second kappa shape index (κ2) is 9.96. The number of aryl methyl sites for hydroxylation is 1. The molecular weight excluding hydrogens is 364 g/mol. The van der Waals surface area contributed by atoms with Crippen LogP contribution in [0.5, 0.6) is 11.5 Å². The minimum Gasteiger partial charge on any atom is -0.493 e. The molecule has 1 aromatic rings. The lowest BCUT2D eigenvalue weighted by Crippen LogP contribution is -2.58. The summed E-state index contributed by atoms with van der Waals surface area (Å²) in [6.07, 6.45) is 0.258. The number of carbonyl (C=O) groups is 3. The van der Waals surface area contributed by atoms with E-state index in [9.17, 15) is 14.4 Å². The van der Waals surface area contributed by atoms with E-state index >= 15 is 0 Å². The largest absolute Gasteiger partial charge is 0.493 e. The van der Waals surface area contributed by atoms with Crippen molar-refractivity contribution < 1.29 is 28.6 Å². The molecule has 0 aromatic heterocycles. The average molecular weight is 392 g/mol. The molecule has 28 heavy (non-hydrogen) atoms. The number of benzene rings is 1. The Hall–Kier alpha value is -2.77. The second-order valence-electron chi connectivity index (χ2n) is 6.75. The summed E-state index contributed by atoms with van der Waals surface area (Å²) < 4.78 is 16.1. The van der Waals surface area contributed by atoms with Gasteiger partial charge in [0.05, 0.1) is 19.6 Å². The third-order valence-electron chi connectivity index (χ3n) is 4.59. The van der Waals surface area contributed by atoms with Crippen LogP contribution in [-0.4, -0.2) is 61.6 Å². The van der Waals surface area contributed by atoms with Gasteiger partial charge in [0, 0.05) is 13.1 Å². The van der Waals surface area contributed by atoms with Gasteiger partial charge in [-0.1, -0.05) is 13.0 Å². The fourth-order valence-corrected chi connectivity index (χ4v) is 2.85. The lowest BCUT2D eigenvalue weighted by molar-refractivity contribution is -0.155. The topological polar surface area (TPSA) is 94.2 Å². The Morgan fingerprint density at radius 3 is 2.75 bits per heavy atom. The van der Waals surface area contributed by atoms with Crippen molar-refractivity contribution >= 4 is 17.8 Å². The Bertz CT molecular complexity index is 721. The summed E-state index contributed by atoms with van der Waals surface area (Å²) in [6.45, 7) is 5.98. The molecule has 154 valence electrons. The number of methoxy groups -OCH3 is 1. The molecule has 1 aliphatic heterocycles. The van der Waals surface area contributed by atoms with Gasteiger partial charge in [-0.3, -0.25) is 14.4 Å². The highest BCUT2D eigenvalue weighted by Crippen LogP contribution is 2.27. The highest BCUT2D eigenvalue weighted by Gasteiger charge is 2.35. The minimum absolute atomic E-state index is 0.185. The molecule has 2 amide bonds. The molecule has 8 heteroatoms. The number of hydrogen-bond acceptors (Lipinski definition) is 6. The van der Waals surface area contributed by atoms with Crippen molar-refractivity contribution in [2.45, 2.75) is 45.8 Å². The molecule has 1 heterocycles. The van der Waals surface area contributed by atoms with Crippen molar-refractivity contribution in [3.63, 3.8) is 0 Å². The van der Waals surface area contributed by atoms with Crippen LogP contribution in [0.25, 0.3) is 0 Å². The number of piperazine rings is 1. The molecule has 1 saturated heterocycles. The van der Waals surface area contributed by atoms with E-state index in [2.05, 4.69) is 5.32 Å². The second-order valence-corrected chi connectivity index (χ2v) is 6.75. The smallest absolute Gasteiger partial charge is 0.308 e. The number of nitrogens with one attached hydrogen (secondary N) is 1. The number of amides is 2. The van der Waals surface area contributed by atoms with Gasteiger partial charge in [0.2, 0.25) is 5.91 Å². The first-order chi connectivity index (χ1) is 13.3. The van der Waals surface area contributed by atoms with E-state index in [0.717, 1.165) is 5.56 Å². The van der Waals surface area contributed by atoms with E-state index in [1.165, 1.54) is 12.0 Å². The maximum absolute atomic E-state index is 12.7. The molecule has 1 aliphatic rings. The molecule has 0 radical (unpaired) electrons. The standard InChI is InChI=1S/C20H28N2O6/c1-5-14(3)28-19(24)11-15-20(25)21-8-9-22(15)18(23)12-27-16-7-6-13(2)10-17(16)26-4/h6-7,10,14-15H,5,8-9,11-12H2,1-4H3,(H,21,25). The Kier molecular flexibility index (Phi) is 7.66. The monoisotopic (exact) mass is 392 g/mol. The van der Waals surface area contributed by atoms with E-state index in [0.29, 0.717) is 31.0 Å². The highest BCUT2D eigenvalue weighted by atomic mass is 16.5. The molecule has 2 atom stereocenters. The third-order valence-corrected chi connectivity index (χ3v) is 4.59. The minimum atomic E-state index is -0.902. The first-order valence-electron chi connectivity index (χ1n) is 9.39. The molecule has 0 spiro atoms. The maximum atomic E-state index is 12.7. The normalized spacial score (nSPS) is 17.5. The zero-order chi connectivity index (χ0) is 20.7. The molecule has 1 aromatic carbocycles. The van der Waals surface area contributed by atoms with Gasteiger partial charge >= 0.3 is 5.97 Å². The number of ether oxygens (including phenoxy) is 3. The van der Waals surface area contributed by atoms with Gasteiger partial charge < -0.3 is 24.4 Å². The summed E-state index contributed by atoms with van der Waals surface area (Å²) in [5, 5.41) is 2.69. The van der Waals surface area contributed by atoms with Crippen molar-refractivity contribution in [3.05, 3.63) is 23.8 Å². The summed E-state index contributed by atoms with van der Waals surface area (Å²) in [4.78, 5) is 38.4. The van der Waals surface area contributed by atoms with Crippen molar-refractivity contribution in [2.75, 3.05) is 26.8 Å². The summed E-state index contributed by atoms with van der Waals surface area (Å²) in [5.41, 5.74) is 1.00. The van der Waals surface area contributed by atoms with E-state index < -0.39 is 12.0 Å². The predicted octanol–water partition coefficient (Wildman–Crippen LogP) is 1.44. The third kappa shape index (κ3) is 5.61. The summed E-state index contributed by atoms with van der Waals surface area (Å²) >= 11 is 0. The first-order valence-corrected chi connectivity index (χ1v) is 9.39. The summed E-state index contributed by atoms with van der Waals surface area (Å²) in [6, 6.07) is 4.48. The molecule has 0 saturated carbocycles. The van der Waals surface area contributed by atoms with E-state index in [1.54, 1.807) is 13.0 Å². The van der Waals surface area contributed by atoms with Crippen LogP contribution >= 0.6 is 0 Å². The number of hydrogen-bond donors (Lipinski definition) is 1. The van der Waals surface area contributed by atoms with Gasteiger partial charge in [-0.05, 0) is 38.0 Å². The zero-order valence-electron chi connectivity index (χ0n) is 16.8. The summed E-state index contributed by atoms with van der Waals surface area (Å²) in [5.74, 6) is -0.281. The van der Waals surface area contributed by atoms with Crippen LogP contribution < -0.4 is 14.8 Å². The lowest BCUT2D eigenvalue weighted by Gasteiger charge is -2.34. The molecule has 2 rings (SSSR count). The van der Waals surface area contributed by atoms with E-state index in [4.69, 9.17) is 14.2 Å². The van der Waals surface area contributed by atoms with Crippen LogP contribution in [0.3, 0.4) is 0 Å². The number of nitrogens with zero attached hydrogens (tertiary/aromatic N) is 1. The lowest BCUT2D eigenvalue weighted by atomic mass is 10.1.